The van der Waals surface area contributed by atoms with Crippen LogP contribution < -0.4 is 14.9 Å². The Morgan fingerprint density at radius 3 is 2.85 bits per heavy atom. The molecule has 5 aromatic rings. The lowest BCUT2D eigenvalue weighted by Crippen LogP contribution is -2.38. The Labute approximate surface area is 206 Å². The molecule has 1 aliphatic heterocycles. The lowest BCUT2D eigenvalue weighted by atomic mass is 10.1. The largest absolute Gasteiger partial charge is 0.491 e. The molecule has 6 rings (SSSR count). The van der Waals surface area contributed by atoms with Crippen molar-refractivity contribution < 1.29 is 14.3 Å². The number of thiazole rings is 1. The number of aromatic nitrogens is 1. The highest BCUT2D eigenvalue weighted by Gasteiger charge is 2.18. The Balaban J connectivity index is 1.26. The molecule has 0 atom stereocenters. The second kappa shape index (κ2) is 9.12. The number of carbonyl (C=O) groups is 1. The number of nitrogens with zero attached hydrogens (tertiary/aromatic N) is 1. The predicted molar refractivity (Wildman–Crippen MR) is 140 cm³/mol. The van der Waals surface area contributed by atoms with Gasteiger partial charge in [0.1, 0.15) is 12.4 Å². The van der Waals surface area contributed by atoms with E-state index in [1.807, 2.05) is 41.8 Å². The van der Waals surface area contributed by atoms with Crippen LogP contribution >= 0.6 is 34.0 Å². The number of fused-ring (bicyclic) bond motifs is 4. The number of benzene rings is 2. The van der Waals surface area contributed by atoms with Gasteiger partial charge in [0.25, 0.3) is 5.91 Å². The van der Waals surface area contributed by atoms with E-state index in [4.69, 9.17) is 9.47 Å². The van der Waals surface area contributed by atoms with Gasteiger partial charge in [0.05, 0.1) is 38.7 Å². The van der Waals surface area contributed by atoms with Gasteiger partial charge < -0.3 is 19.8 Å². The first-order valence-corrected chi connectivity index (χ1v) is 13.5. The standard InChI is InChI=1S/C24H21N3O4S3/c28-23(25-20-12-15-1-2-18-21(22(15)34-20)26-24(29)33-18)16-11-14-3-10-32-19(14)13-17(16)31-9-6-27-4-7-30-8-5-27/h1-3,10-13H,4-9H2,(H,25,28)(H,26,29). The lowest BCUT2D eigenvalue weighted by molar-refractivity contribution is 0.0322. The van der Waals surface area contributed by atoms with Gasteiger partial charge in [0, 0.05) is 24.3 Å². The second-order valence-electron chi connectivity index (χ2n) is 8.05. The van der Waals surface area contributed by atoms with Gasteiger partial charge in [0.2, 0.25) is 0 Å². The lowest BCUT2D eigenvalue weighted by Gasteiger charge is -2.26. The average molecular weight is 512 g/mol. The minimum atomic E-state index is -0.212. The van der Waals surface area contributed by atoms with Crippen LogP contribution in [0.2, 0.25) is 0 Å². The molecule has 10 heteroatoms. The van der Waals surface area contributed by atoms with Gasteiger partial charge in [-0.15, -0.1) is 22.7 Å². The number of H-pyrrole nitrogens is 1. The first kappa shape index (κ1) is 21.8. The highest BCUT2D eigenvalue weighted by atomic mass is 32.1. The number of ether oxygens (including phenoxy) is 2. The first-order chi connectivity index (χ1) is 16.6. The van der Waals surface area contributed by atoms with Crippen LogP contribution in [0.4, 0.5) is 5.00 Å². The summed E-state index contributed by atoms with van der Waals surface area (Å²) in [5.74, 6) is 0.377. The number of hydrogen-bond acceptors (Lipinski definition) is 8. The molecule has 2 aromatic carbocycles. The first-order valence-electron chi connectivity index (χ1n) is 10.9. The van der Waals surface area contributed by atoms with Crippen molar-refractivity contribution in [1.29, 1.82) is 0 Å². The molecule has 0 bridgehead atoms. The summed E-state index contributed by atoms with van der Waals surface area (Å²) in [5, 5.41) is 7.79. The van der Waals surface area contributed by atoms with Crippen molar-refractivity contribution in [3.05, 3.63) is 57.0 Å². The van der Waals surface area contributed by atoms with Crippen LogP contribution in [0.1, 0.15) is 10.4 Å². The summed E-state index contributed by atoms with van der Waals surface area (Å²) in [7, 11) is 0. The van der Waals surface area contributed by atoms with Crippen LogP contribution in [-0.2, 0) is 4.74 Å². The number of amides is 1. The Bertz CT molecular complexity index is 1560. The molecule has 0 aliphatic carbocycles. The topological polar surface area (TPSA) is 83.7 Å². The van der Waals surface area contributed by atoms with Crippen molar-refractivity contribution in [2.24, 2.45) is 0 Å². The van der Waals surface area contributed by atoms with Crippen LogP contribution in [0.25, 0.3) is 30.4 Å². The zero-order valence-electron chi connectivity index (χ0n) is 18.1. The molecule has 0 radical (unpaired) electrons. The highest BCUT2D eigenvalue weighted by molar-refractivity contribution is 7.24. The average Bonchev–Trinajstić information content (AvgIpc) is 3.55. The van der Waals surface area contributed by atoms with E-state index in [-0.39, 0.29) is 10.8 Å². The smallest absolute Gasteiger partial charge is 0.305 e. The number of carbonyl (C=O) groups excluding carboxylic acids is 1. The van der Waals surface area contributed by atoms with Gasteiger partial charge in [-0.05, 0) is 46.5 Å². The van der Waals surface area contributed by atoms with Crippen LogP contribution in [0.5, 0.6) is 5.75 Å². The van der Waals surface area contributed by atoms with E-state index >= 15 is 0 Å². The van der Waals surface area contributed by atoms with Gasteiger partial charge in [-0.1, -0.05) is 17.4 Å². The summed E-state index contributed by atoms with van der Waals surface area (Å²) >= 11 is 4.28. The van der Waals surface area contributed by atoms with Crippen LogP contribution in [0, 0.1) is 0 Å². The van der Waals surface area contributed by atoms with E-state index in [9.17, 15) is 9.59 Å². The summed E-state index contributed by atoms with van der Waals surface area (Å²) in [4.78, 5) is 30.3. The number of nitrogens with one attached hydrogen (secondary N) is 2. The molecule has 4 heterocycles. The van der Waals surface area contributed by atoms with Crippen LogP contribution in [-0.4, -0.2) is 55.2 Å². The molecule has 2 N–H and O–H groups in total. The zero-order valence-corrected chi connectivity index (χ0v) is 20.5. The number of anilines is 1. The van der Waals surface area contributed by atoms with Gasteiger partial charge in [-0.3, -0.25) is 14.5 Å². The molecular weight excluding hydrogens is 490 g/mol. The van der Waals surface area contributed by atoms with Crippen molar-refractivity contribution in [2.45, 2.75) is 0 Å². The molecule has 3 aromatic heterocycles. The fraction of sp³-hybridized carbons (Fsp3) is 0.250. The molecular formula is C24H21N3O4S3. The number of morpholine rings is 1. The molecule has 7 nitrogen and oxygen atoms in total. The van der Waals surface area contributed by atoms with Crippen LogP contribution in [0.3, 0.4) is 0 Å². The molecule has 174 valence electrons. The third-order valence-corrected chi connectivity index (χ3v) is 8.69. The minimum absolute atomic E-state index is 0.0792. The summed E-state index contributed by atoms with van der Waals surface area (Å²) in [6.45, 7) is 4.58. The number of aromatic amines is 1. The molecule has 1 aliphatic rings. The third kappa shape index (κ3) is 4.23. The summed E-state index contributed by atoms with van der Waals surface area (Å²) in [5.41, 5.74) is 1.34. The predicted octanol–water partition coefficient (Wildman–Crippen LogP) is 4.98. The Morgan fingerprint density at radius 1 is 1.09 bits per heavy atom. The molecule has 1 saturated heterocycles. The maximum Gasteiger partial charge on any atom is 0.305 e. The monoisotopic (exact) mass is 511 g/mol. The molecule has 34 heavy (non-hydrogen) atoms. The van der Waals surface area contributed by atoms with Crippen molar-refractivity contribution in [1.82, 2.24) is 9.88 Å². The maximum absolute atomic E-state index is 13.3. The Kier molecular flexibility index (Phi) is 5.84. The molecule has 1 fully saturated rings. The minimum Gasteiger partial charge on any atom is -0.491 e. The van der Waals surface area contributed by atoms with Crippen molar-refractivity contribution in [2.75, 3.05) is 44.8 Å². The Morgan fingerprint density at radius 2 is 1.97 bits per heavy atom. The normalized spacial score (nSPS) is 14.8. The van der Waals surface area contributed by atoms with Gasteiger partial charge in [0.15, 0.2) is 0 Å². The van der Waals surface area contributed by atoms with E-state index in [0.717, 1.165) is 68.2 Å². The second-order valence-corrected chi connectivity index (χ2v) is 11.1. The molecule has 0 spiro atoms. The van der Waals surface area contributed by atoms with Crippen LogP contribution in [0.15, 0.2) is 46.6 Å². The van der Waals surface area contributed by atoms with E-state index in [1.165, 1.54) is 22.7 Å². The highest BCUT2D eigenvalue weighted by Crippen LogP contribution is 2.36. The number of thiophene rings is 2. The summed E-state index contributed by atoms with van der Waals surface area (Å²) in [6, 6.07) is 11.7. The van der Waals surface area contributed by atoms with Crippen molar-refractivity contribution in [3.63, 3.8) is 0 Å². The van der Waals surface area contributed by atoms with E-state index in [2.05, 4.69) is 15.2 Å². The Hall–Kier alpha value is -2.76. The fourth-order valence-electron chi connectivity index (χ4n) is 4.15. The molecule has 0 saturated carbocycles. The van der Waals surface area contributed by atoms with Crippen molar-refractivity contribution in [3.8, 4) is 5.75 Å². The number of hydrogen-bond donors (Lipinski definition) is 2. The summed E-state index contributed by atoms with van der Waals surface area (Å²) < 4.78 is 14.5. The maximum atomic E-state index is 13.3. The molecule has 1 amide bonds. The SMILES string of the molecule is O=C(Nc1cc2ccc3sc(=O)[nH]c3c2s1)c1cc2ccsc2cc1OCCN1CCOCC1. The summed E-state index contributed by atoms with van der Waals surface area (Å²) in [6.07, 6.45) is 0. The van der Waals surface area contributed by atoms with Crippen molar-refractivity contribution >= 4 is 75.3 Å². The quantitative estimate of drug-likeness (QED) is 0.336. The van der Waals surface area contributed by atoms with Gasteiger partial charge in [-0.25, -0.2) is 0 Å². The van der Waals surface area contributed by atoms with Gasteiger partial charge in [-0.2, -0.15) is 0 Å². The molecule has 0 unspecified atom stereocenters. The zero-order chi connectivity index (χ0) is 23.1. The number of rotatable bonds is 6. The van der Waals surface area contributed by atoms with Gasteiger partial charge >= 0.3 is 4.87 Å². The van der Waals surface area contributed by atoms with E-state index < -0.39 is 0 Å². The van der Waals surface area contributed by atoms with E-state index in [0.29, 0.717) is 17.9 Å². The fourth-order valence-corrected chi connectivity index (χ4v) is 6.82. The van der Waals surface area contributed by atoms with E-state index in [1.54, 1.807) is 11.3 Å². The third-order valence-electron chi connectivity index (χ3n) is 5.88.